The third-order valence-electron chi connectivity index (χ3n) is 3.43. The Bertz CT molecular complexity index is 665. The van der Waals surface area contributed by atoms with Crippen LogP contribution in [0.15, 0.2) is 18.2 Å². The molecule has 0 saturated heterocycles. The van der Waals surface area contributed by atoms with Crippen molar-refractivity contribution in [3.63, 3.8) is 0 Å². The van der Waals surface area contributed by atoms with Crippen molar-refractivity contribution >= 4 is 28.9 Å². The maximum absolute atomic E-state index is 11.2. The second-order valence-corrected chi connectivity index (χ2v) is 6.24. The summed E-state index contributed by atoms with van der Waals surface area (Å²) < 4.78 is 0. The minimum absolute atomic E-state index is 0.437. The first-order chi connectivity index (χ1) is 9.06. The van der Waals surface area contributed by atoms with Crippen LogP contribution in [0.25, 0.3) is 10.6 Å². The Labute approximate surface area is 119 Å². The number of aliphatic carboxylic acids is 1. The van der Waals surface area contributed by atoms with E-state index in [0.29, 0.717) is 11.4 Å². The van der Waals surface area contributed by atoms with Crippen LogP contribution in [-0.4, -0.2) is 16.1 Å². The fraction of sp³-hybridized carbons (Fsp3) is 0.286. The zero-order chi connectivity index (χ0) is 13.6. The number of aromatic nitrogens is 1. The van der Waals surface area contributed by atoms with Crippen molar-refractivity contribution in [2.45, 2.75) is 25.7 Å². The lowest BCUT2D eigenvalue weighted by atomic mass is 10.1. The van der Waals surface area contributed by atoms with Crippen molar-refractivity contribution < 1.29 is 9.90 Å². The van der Waals surface area contributed by atoms with Crippen LogP contribution in [0.5, 0.6) is 0 Å². The number of hydrogen-bond donors (Lipinski definition) is 1. The highest BCUT2D eigenvalue weighted by Gasteiger charge is 2.32. The smallest absolute Gasteiger partial charge is 0.312 e. The molecule has 1 aromatic heterocycles. The quantitative estimate of drug-likeness (QED) is 0.914. The highest BCUT2D eigenvalue weighted by atomic mass is 35.5. The van der Waals surface area contributed by atoms with Crippen LogP contribution in [0.1, 0.15) is 28.5 Å². The molecule has 0 fully saturated rings. The van der Waals surface area contributed by atoms with Gasteiger partial charge in [-0.3, -0.25) is 4.79 Å². The number of carbonyl (C=O) groups is 1. The molecule has 0 spiro atoms. The number of benzene rings is 1. The molecule has 0 saturated carbocycles. The van der Waals surface area contributed by atoms with Crippen molar-refractivity contribution in [1.82, 2.24) is 4.98 Å². The van der Waals surface area contributed by atoms with Crippen LogP contribution in [0, 0.1) is 6.92 Å². The van der Waals surface area contributed by atoms with Gasteiger partial charge in [0, 0.05) is 15.5 Å². The maximum atomic E-state index is 11.2. The SMILES string of the molecule is Cc1cc(Cl)ccc1-c1nc2c(s1)CCC2C(=O)O. The van der Waals surface area contributed by atoms with Gasteiger partial charge in [-0.2, -0.15) is 0 Å². The molecule has 1 aromatic carbocycles. The van der Waals surface area contributed by atoms with Gasteiger partial charge in [-0.25, -0.2) is 4.98 Å². The largest absolute Gasteiger partial charge is 0.481 e. The summed E-state index contributed by atoms with van der Waals surface area (Å²) in [6.07, 6.45) is 1.49. The minimum atomic E-state index is -0.775. The molecule has 2 aromatic rings. The van der Waals surface area contributed by atoms with Gasteiger partial charge in [0.2, 0.25) is 0 Å². The molecule has 0 aliphatic heterocycles. The third kappa shape index (κ3) is 2.15. The molecule has 19 heavy (non-hydrogen) atoms. The first kappa shape index (κ1) is 12.6. The van der Waals surface area contributed by atoms with Crippen LogP contribution in [0.2, 0.25) is 5.02 Å². The van der Waals surface area contributed by atoms with Gasteiger partial charge >= 0.3 is 5.97 Å². The first-order valence-corrected chi connectivity index (χ1v) is 7.24. The number of fused-ring (bicyclic) bond motifs is 1. The summed E-state index contributed by atoms with van der Waals surface area (Å²) >= 11 is 7.55. The second-order valence-electron chi connectivity index (χ2n) is 4.72. The average molecular weight is 294 g/mol. The Morgan fingerprint density at radius 1 is 1.53 bits per heavy atom. The number of hydrogen-bond acceptors (Lipinski definition) is 3. The van der Waals surface area contributed by atoms with Crippen LogP contribution in [0.4, 0.5) is 0 Å². The lowest BCUT2D eigenvalue weighted by Crippen LogP contribution is -2.08. The number of carboxylic acid groups (broad SMARTS) is 1. The summed E-state index contributed by atoms with van der Waals surface area (Å²) in [5, 5.41) is 10.8. The summed E-state index contributed by atoms with van der Waals surface area (Å²) in [6, 6.07) is 5.69. The Morgan fingerprint density at radius 3 is 3.00 bits per heavy atom. The zero-order valence-electron chi connectivity index (χ0n) is 10.3. The minimum Gasteiger partial charge on any atom is -0.481 e. The average Bonchev–Trinajstić information content (AvgIpc) is 2.87. The predicted molar refractivity (Wildman–Crippen MR) is 76.0 cm³/mol. The lowest BCUT2D eigenvalue weighted by Gasteiger charge is -2.04. The van der Waals surface area contributed by atoms with Crippen molar-refractivity contribution in [2.75, 3.05) is 0 Å². The van der Waals surface area contributed by atoms with E-state index in [4.69, 9.17) is 11.6 Å². The number of rotatable bonds is 2. The van der Waals surface area contributed by atoms with E-state index in [1.165, 1.54) is 0 Å². The Balaban J connectivity index is 2.04. The monoisotopic (exact) mass is 293 g/mol. The van der Waals surface area contributed by atoms with Crippen molar-refractivity contribution in [1.29, 1.82) is 0 Å². The normalized spacial score (nSPS) is 17.5. The van der Waals surface area contributed by atoms with E-state index < -0.39 is 11.9 Å². The molecule has 0 amide bonds. The van der Waals surface area contributed by atoms with E-state index in [-0.39, 0.29) is 0 Å². The molecule has 3 rings (SSSR count). The van der Waals surface area contributed by atoms with E-state index in [0.717, 1.165) is 33.1 Å². The molecule has 3 nitrogen and oxygen atoms in total. The first-order valence-electron chi connectivity index (χ1n) is 6.05. The summed E-state index contributed by atoms with van der Waals surface area (Å²) in [5.41, 5.74) is 2.85. The summed E-state index contributed by atoms with van der Waals surface area (Å²) in [7, 11) is 0. The van der Waals surface area contributed by atoms with E-state index >= 15 is 0 Å². The summed E-state index contributed by atoms with van der Waals surface area (Å²) in [6.45, 7) is 1.99. The molecule has 5 heteroatoms. The lowest BCUT2D eigenvalue weighted by molar-refractivity contribution is -0.138. The Hall–Kier alpha value is -1.39. The number of thiazole rings is 1. The van der Waals surface area contributed by atoms with E-state index in [2.05, 4.69) is 4.98 Å². The van der Waals surface area contributed by atoms with Gasteiger partial charge in [-0.15, -0.1) is 11.3 Å². The van der Waals surface area contributed by atoms with Crippen molar-refractivity contribution in [3.8, 4) is 10.6 Å². The molecule has 1 aliphatic rings. The summed E-state index contributed by atoms with van der Waals surface area (Å²) in [4.78, 5) is 16.8. The highest BCUT2D eigenvalue weighted by molar-refractivity contribution is 7.15. The summed E-state index contributed by atoms with van der Waals surface area (Å²) in [5.74, 6) is -1.21. The molecule has 1 aliphatic carbocycles. The zero-order valence-corrected chi connectivity index (χ0v) is 11.9. The van der Waals surface area contributed by atoms with Crippen molar-refractivity contribution in [2.24, 2.45) is 0 Å². The molecule has 1 N–H and O–H groups in total. The molecule has 0 bridgehead atoms. The van der Waals surface area contributed by atoms with E-state index in [1.54, 1.807) is 11.3 Å². The standard InChI is InChI=1S/C14H12ClNO2S/c1-7-6-8(15)2-3-9(7)13-16-12-10(14(17)18)4-5-11(12)19-13/h2-3,6,10H,4-5H2,1H3,(H,17,18). The van der Waals surface area contributed by atoms with Gasteiger partial charge in [0.1, 0.15) is 10.9 Å². The number of carboxylic acids is 1. The number of aryl methyl sites for hydroxylation is 2. The maximum Gasteiger partial charge on any atom is 0.312 e. The van der Waals surface area contributed by atoms with E-state index in [1.807, 2.05) is 25.1 Å². The molecule has 1 heterocycles. The third-order valence-corrected chi connectivity index (χ3v) is 4.83. The molecule has 1 unspecified atom stereocenters. The topological polar surface area (TPSA) is 50.2 Å². The van der Waals surface area contributed by atoms with E-state index in [9.17, 15) is 9.90 Å². The molecule has 1 atom stereocenters. The number of nitrogens with zero attached hydrogens (tertiary/aromatic N) is 1. The van der Waals surface area contributed by atoms with Crippen LogP contribution in [0.3, 0.4) is 0 Å². The van der Waals surface area contributed by atoms with Gasteiger partial charge in [0.05, 0.1) is 5.69 Å². The fourth-order valence-electron chi connectivity index (χ4n) is 2.45. The molecule has 98 valence electrons. The molecular weight excluding hydrogens is 282 g/mol. The van der Waals surface area contributed by atoms with Gasteiger partial charge < -0.3 is 5.11 Å². The van der Waals surface area contributed by atoms with Gasteiger partial charge in [-0.1, -0.05) is 17.7 Å². The van der Waals surface area contributed by atoms with Crippen LogP contribution in [-0.2, 0) is 11.2 Å². The van der Waals surface area contributed by atoms with Gasteiger partial charge in [-0.05, 0) is 37.5 Å². The van der Waals surface area contributed by atoms with Gasteiger partial charge in [0.15, 0.2) is 0 Å². The van der Waals surface area contributed by atoms with Crippen LogP contribution < -0.4 is 0 Å². The van der Waals surface area contributed by atoms with Crippen LogP contribution >= 0.6 is 22.9 Å². The Kier molecular flexibility index (Phi) is 3.07. The molecule has 0 radical (unpaired) electrons. The predicted octanol–water partition coefficient (Wildman–Crippen LogP) is 3.89. The van der Waals surface area contributed by atoms with Gasteiger partial charge in [0.25, 0.3) is 0 Å². The second kappa shape index (κ2) is 4.62. The molecular formula is C14H12ClNO2S. The highest BCUT2D eigenvalue weighted by Crippen LogP contribution is 2.40. The fourth-order valence-corrected chi connectivity index (χ4v) is 3.91. The Morgan fingerprint density at radius 2 is 2.32 bits per heavy atom. The number of halogens is 1. The van der Waals surface area contributed by atoms with Crippen molar-refractivity contribution in [3.05, 3.63) is 39.4 Å².